The number of para-hydroxylation sites is 1. The molecule has 0 spiro atoms. The first-order chi connectivity index (χ1) is 10.2. The predicted molar refractivity (Wildman–Crippen MR) is 91.8 cm³/mol. The standard InChI is InChI=1S/C16H12BrN3S/c17-13-9-6-12(7-10-13)8-11-15-18-16(21)20(19-15)14-4-2-1-3-5-14/h1-11H,(H,18,19,21)/b11-8+. The molecule has 0 unspecified atom stereocenters. The van der Waals surface area contributed by atoms with Crippen LogP contribution in [0.3, 0.4) is 0 Å². The van der Waals surface area contributed by atoms with Gasteiger partial charge in [0, 0.05) is 4.47 Å². The summed E-state index contributed by atoms with van der Waals surface area (Å²) in [6.07, 6.45) is 3.91. The van der Waals surface area contributed by atoms with Gasteiger partial charge in [0.1, 0.15) is 5.82 Å². The Morgan fingerprint density at radius 2 is 1.71 bits per heavy atom. The fourth-order valence-corrected chi connectivity index (χ4v) is 2.43. The Morgan fingerprint density at radius 1 is 1.00 bits per heavy atom. The molecular formula is C16H12BrN3S. The van der Waals surface area contributed by atoms with E-state index in [0.29, 0.717) is 4.77 Å². The first kappa shape index (κ1) is 14.0. The lowest BCUT2D eigenvalue weighted by molar-refractivity contribution is 0.863. The van der Waals surface area contributed by atoms with Crippen molar-refractivity contribution >= 4 is 40.3 Å². The average Bonchev–Trinajstić information content (AvgIpc) is 2.89. The molecule has 0 aliphatic rings. The second-order valence-corrected chi connectivity index (χ2v) is 5.73. The topological polar surface area (TPSA) is 33.6 Å². The molecule has 0 aliphatic heterocycles. The SMILES string of the molecule is S=c1nc(/C=C/c2ccc(Br)cc2)[nH]n1-c1ccccc1. The maximum absolute atomic E-state index is 5.28. The highest BCUT2D eigenvalue weighted by Crippen LogP contribution is 2.13. The van der Waals surface area contributed by atoms with Crippen molar-refractivity contribution in [2.45, 2.75) is 0 Å². The van der Waals surface area contributed by atoms with Gasteiger partial charge in [-0.2, -0.15) is 4.98 Å². The lowest BCUT2D eigenvalue weighted by Gasteiger charge is -1.99. The van der Waals surface area contributed by atoms with Gasteiger partial charge in [0.15, 0.2) is 0 Å². The maximum Gasteiger partial charge on any atom is 0.221 e. The molecule has 0 bridgehead atoms. The molecule has 0 radical (unpaired) electrons. The van der Waals surface area contributed by atoms with Crippen molar-refractivity contribution in [3.63, 3.8) is 0 Å². The van der Waals surface area contributed by atoms with E-state index in [2.05, 4.69) is 26.0 Å². The smallest absolute Gasteiger partial charge is 0.221 e. The summed E-state index contributed by atoms with van der Waals surface area (Å²) in [5, 5.41) is 3.18. The molecule has 0 amide bonds. The minimum atomic E-state index is 0.511. The van der Waals surface area contributed by atoms with E-state index in [1.807, 2.05) is 66.7 Å². The predicted octanol–water partition coefficient (Wildman–Crippen LogP) is 4.86. The fourth-order valence-electron chi connectivity index (χ4n) is 1.92. The Bertz CT molecular complexity index is 817. The monoisotopic (exact) mass is 357 g/mol. The molecule has 3 nitrogen and oxygen atoms in total. The molecule has 0 fully saturated rings. The van der Waals surface area contributed by atoms with Gasteiger partial charge in [-0.15, -0.1) is 0 Å². The maximum atomic E-state index is 5.28. The summed E-state index contributed by atoms with van der Waals surface area (Å²) in [5.41, 5.74) is 2.07. The van der Waals surface area contributed by atoms with E-state index in [9.17, 15) is 0 Å². The Morgan fingerprint density at radius 3 is 2.43 bits per heavy atom. The molecule has 1 N–H and O–H groups in total. The van der Waals surface area contributed by atoms with E-state index in [1.54, 1.807) is 4.68 Å². The van der Waals surface area contributed by atoms with E-state index in [4.69, 9.17) is 12.2 Å². The van der Waals surface area contributed by atoms with Crippen LogP contribution < -0.4 is 0 Å². The lowest BCUT2D eigenvalue weighted by Crippen LogP contribution is -1.95. The van der Waals surface area contributed by atoms with Crippen molar-refractivity contribution in [2.75, 3.05) is 0 Å². The molecule has 0 saturated carbocycles. The molecule has 0 saturated heterocycles. The highest BCUT2D eigenvalue weighted by molar-refractivity contribution is 9.10. The highest BCUT2D eigenvalue weighted by Gasteiger charge is 2.01. The van der Waals surface area contributed by atoms with Crippen LogP contribution in [0, 0.1) is 4.77 Å². The third-order valence-electron chi connectivity index (χ3n) is 2.95. The number of nitrogens with one attached hydrogen (secondary N) is 1. The van der Waals surface area contributed by atoms with Crippen LogP contribution in [0.25, 0.3) is 17.8 Å². The minimum Gasteiger partial charge on any atom is -0.275 e. The molecule has 1 aromatic heterocycles. The number of aromatic amines is 1. The molecule has 21 heavy (non-hydrogen) atoms. The minimum absolute atomic E-state index is 0.511. The van der Waals surface area contributed by atoms with Gasteiger partial charge in [0.2, 0.25) is 4.77 Å². The number of aromatic nitrogens is 3. The zero-order valence-electron chi connectivity index (χ0n) is 11.0. The van der Waals surface area contributed by atoms with Crippen molar-refractivity contribution in [1.82, 2.24) is 14.8 Å². The molecule has 1 heterocycles. The zero-order chi connectivity index (χ0) is 14.7. The van der Waals surface area contributed by atoms with Gasteiger partial charge < -0.3 is 0 Å². The Labute approximate surface area is 136 Å². The summed E-state index contributed by atoms with van der Waals surface area (Å²) in [5.74, 6) is 0.728. The highest BCUT2D eigenvalue weighted by atomic mass is 79.9. The molecule has 0 atom stereocenters. The second kappa shape index (κ2) is 6.20. The van der Waals surface area contributed by atoms with Crippen molar-refractivity contribution < 1.29 is 0 Å². The number of rotatable bonds is 3. The van der Waals surface area contributed by atoms with Gasteiger partial charge in [-0.05, 0) is 48.1 Å². The Hall–Kier alpha value is -1.98. The molecule has 3 aromatic rings. The van der Waals surface area contributed by atoms with Gasteiger partial charge in [-0.1, -0.05) is 52.3 Å². The Kier molecular flexibility index (Phi) is 4.13. The van der Waals surface area contributed by atoms with Gasteiger partial charge in [0.05, 0.1) is 5.69 Å². The van der Waals surface area contributed by atoms with Gasteiger partial charge >= 0.3 is 0 Å². The van der Waals surface area contributed by atoms with Crippen LogP contribution in [0.1, 0.15) is 11.4 Å². The zero-order valence-corrected chi connectivity index (χ0v) is 13.4. The summed E-state index contributed by atoms with van der Waals surface area (Å²) >= 11 is 8.70. The van der Waals surface area contributed by atoms with Gasteiger partial charge in [-0.25, -0.2) is 4.68 Å². The Balaban J connectivity index is 1.88. The number of benzene rings is 2. The van der Waals surface area contributed by atoms with Crippen LogP contribution in [0.15, 0.2) is 59.1 Å². The quantitative estimate of drug-likeness (QED) is 0.678. The van der Waals surface area contributed by atoms with Crippen LogP contribution in [0.5, 0.6) is 0 Å². The number of halogens is 1. The molecular weight excluding hydrogens is 346 g/mol. The van der Waals surface area contributed by atoms with E-state index in [0.717, 1.165) is 21.5 Å². The van der Waals surface area contributed by atoms with E-state index in [1.165, 1.54) is 0 Å². The molecule has 2 aromatic carbocycles. The van der Waals surface area contributed by atoms with Crippen LogP contribution in [-0.2, 0) is 0 Å². The van der Waals surface area contributed by atoms with Crippen LogP contribution in [0.2, 0.25) is 0 Å². The largest absolute Gasteiger partial charge is 0.275 e. The van der Waals surface area contributed by atoms with Crippen LogP contribution in [-0.4, -0.2) is 14.8 Å². The molecule has 0 aliphatic carbocycles. The first-order valence-corrected chi connectivity index (χ1v) is 7.61. The van der Waals surface area contributed by atoms with E-state index < -0.39 is 0 Å². The average molecular weight is 358 g/mol. The summed E-state index contributed by atoms with van der Waals surface area (Å²) in [4.78, 5) is 4.35. The van der Waals surface area contributed by atoms with E-state index >= 15 is 0 Å². The summed E-state index contributed by atoms with van der Waals surface area (Å²) in [6.45, 7) is 0. The van der Waals surface area contributed by atoms with Crippen LogP contribution >= 0.6 is 28.1 Å². The van der Waals surface area contributed by atoms with E-state index in [-0.39, 0.29) is 0 Å². The first-order valence-electron chi connectivity index (χ1n) is 6.40. The molecule has 5 heteroatoms. The number of hydrogen-bond donors (Lipinski definition) is 1. The summed E-state index contributed by atoms with van der Waals surface area (Å²) in [6, 6.07) is 17.9. The summed E-state index contributed by atoms with van der Waals surface area (Å²) < 4.78 is 3.36. The third-order valence-corrected chi connectivity index (χ3v) is 3.75. The summed E-state index contributed by atoms with van der Waals surface area (Å²) in [7, 11) is 0. The molecule has 3 rings (SSSR count). The van der Waals surface area contributed by atoms with Crippen molar-refractivity contribution in [1.29, 1.82) is 0 Å². The van der Waals surface area contributed by atoms with Gasteiger partial charge in [-0.3, -0.25) is 5.10 Å². The van der Waals surface area contributed by atoms with Gasteiger partial charge in [0.25, 0.3) is 0 Å². The van der Waals surface area contributed by atoms with Crippen molar-refractivity contribution in [3.05, 3.63) is 75.2 Å². The number of H-pyrrole nitrogens is 1. The van der Waals surface area contributed by atoms with Crippen LogP contribution in [0.4, 0.5) is 0 Å². The van der Waals surface area contributed by atoms with Crippen molar-refractivity contribution in [2.24, 2.45) is 0 Å². The van der Waals surface area contributed by atoms with Crippen molar-refractivity contribution in [3.8, 4) is 5.69 Å². The second-order valence-electron chi connectivity index (χ2n) is 4.45. The lowest BCUT2D eigenvalue weighted by atomic mass is 10.2. The third kappa shape index (κ3) is 3.37. The molecule has 104 valence electrons. The number of hydrogen-bond acceptors (Lipinski definition) is 2. The normalized spacial score (nSPS) is 11.1. The number of nitrogens with zero attached hydrogens (tertiary/aromatic N) is 2. The fraction of sp³-hybridized carbons (Fsp3) is 0.